The Kier molecular flexibility index (Phi) is 3.66. The first kappa shape index (κ1) is 8.79. The maximum atomic E-state index is 12.2. The molecule has 0 aliphatic heterocycles. The highest BCUT2D eigenvalue weighted by Crippen LogP contribution is 2.11. The van der Waals surface area contributed by atoms with Crippen molar-refractivity contribution >= 4 is 0 Å². The third-order valence-corrected chi connectivity index (χ3v) is 1.05. The van der Waals surface area contributed by atoms with E-state index >= 15 is 0 Å². The zero-order valence-corrected chi connectivity index (χ0v) is 5.57. The maximum absolute atomic E-state index is 12.2. The second kappa shape index (κ2) is 3.75. The summed E-state index contributed by atoms with van der Waals surface area (Å²) in [4.78, 5) is 0. The molecule has 0 aromatic rings. The molecule has 0 aliphatic rings. The van der Waals surface area contributed by atoms with Crippen LogP contribution in [0.1, 0.15) is 20.3 Å². The van der Waals surface area contributed by atoms with E-state index in [-0.39, 0.29) is 6.42 Å². The van der Waals surface area contributed by atoms with Gasteiger partial charge in [-0.25, -0.2) is 13.2 Å². The fourth-order valence-corrected chi connectivity index (χ4v) is 0.498. The van der Waals surface area contributed by atoms with Crippen molar-refractivity contribution in [2.24, 2.45) is 0 Å². The third kappa shape index (κ3) is 4.30. The fraction of sp³-hybridized carbons (Fsp3) is 1.00. The monoisotopic (exact) mass is 140 g/mol. The van der Waals surface area contributed by atoms with Gasteiger partial charge in [0.2, 0.25) is 0 Å². The van der Waals surface area contributed by atoms with Gasteiger partial charge in [0, 0.05) is 6.42 Å². The van der Waals surface area contributed by atoms with Crippen molar-refractivity contribution in [3.63, 3.8) is 0 Å². The number of alkyl halides is 3. The predicted molar refractivity (Wildman–Crippen MR) is 30.7 cm³/mol. The largest absolute Gasteiger partial charge is 0.248 e. The molecule has 0 radical (unpaired) electrons. The van der Waals surface area contributed by atoms with Crippen molar-refractivity contribution in [3.8, 4) is 0 Å². The quantitative estimate of drug-likeness (QED) is 0.564. The van der Waals surface area contributed by atoms with Gasteiger partial charge in [0.05, 0.1) is 0 Å². The van der Waals surface area contributed by atoms with Crippen LogP contribution < -0.4 is 0 Å². The van der Waals surface area contributed by atoms with Gasteiger partial charge in [-0.2, -0.15) is 0 Å². The molecule has 3 heteroatoms. The van der Waals surface area contributed by atoms with Gasteiger partial charge >= 0.3 is 0 Å². The van der Waals surface area contributed by atoms with Crippen molar-refractivity contribution in [2.75, 3.05) is 0 Å². The van der Waals surface area contributed by atoms with Crippen molar-refractivity contribution < 1.29 is 13.2 Å². The van der Waals surface area contributed by atoms with E-state index in [4.69, 9.17) is 0 Å². The summed E-state index contributed by atoms with van der Waals surface area (Å²) < 4.78 is 36.0. The molecule has 0 spiro atoms. The standard InChI is InChI=1S/C6H11F3/c1-4(7)3-6(9)5(2)8/h4-6H,3H2,1-2H3. The normalized spacial score (nSPS) is 21.0. The molecule has 0 rings (SSSR count). The van der Waals surface area contributed by atoms with E-state index in [9.17, 15) is 13.2 Å². The Morgan fingerprint density at radius 3 is 1.67 bits per heavy atom. The lowest BCUT2D eigenvalue weighted by molar-refractivity contribution is 0.141. The Bertz CT molecular complexity index is 70.7. The lowest BCUT2D eigenvalue weighted by atomic mass is 10.1. The summed E-state index contributed by atoms with van der Waals surface area (Å²) >= 11 is 0. The highest BCUT2D eigenvalue weighted by Gasteiger charge is 2.17. The van der Waals surface area contributed by atoms with Crippen LogP contribution in [0.2, 0.25) is 0 Å². The predicted octanol–water partition coefficient (Wildman–Crippen LogP) is 2.43. The summed E-state index contributed by atoms with van der Waals surface area (Å²) in [5.41, 5.74) is 0. The van der Waals surface area contributed by atoms with Gasteiger partial charge in [0.1, 0.15) is 18.5 Å². The zero-order chi connectivity index (χ0) is 7.44. The molecule has 56 valence electrons. The van der Waals surface area contributed by atoms with E-state index in [1.807, 2.05) is 0 Å². The fourth-order valence-electron chi connectivity index (χ4n) is 0.498. The maximum Gasteiger partial charge on any atom is 0.134 e. The summed E-state index contributed by atoms with van der Waals surface area (Å²) in [7, 11) is 0. The molecule has 0 amide bonds. The first-order chi connectivity index (χ1) is 4.04. The minimum Gasteiger partial charge on any atom is -0.248 e. The van der Waals surface area contributed by atoms with Gasteiger partial charge in [-0.3, -0.25) is 0 Å². The highest BCUT2D eigenvalue weighted by atomic mass is 19.2. The van der Waals surface area contributed by atoms with Crippen LogP contribution in [0.4, 0.5) is 13.2 Å². The summed E-state index contributed by atoms with van der Waals surface area (Å²) in [6.45, 7) is 2.31. The summed E-state index contributed by atoms with van der Waals surface area (Å²) in [6.07, 6.45) is -4.79. The van der Waals surface area contributed by atoms with Crippen LogP contribution in [0.25, 0.3) is 0 Å². The molecule has 0 saturated heterocycles. The molecule has 0 heterocycles. The highest BCUT2D eigenvalue weighted by molar-refractivity contribution is 4.65. The lowest BCUT2D eigenvalue weighted by Crippen LogP contribution is -2.16. The smallest absolute Gasteiger partial charge is 0.134 e. The van der Waals surface area contributed by atoms with Crippen LogP contribution in [0.15, 0.2) is 0 Å². The lowest BCUT2D eigenvalue weighted by Gasteiger charge is -2.08. The Hall–Kier alpha value is -0.210. The zero-order valence-electron chi connectivity index (χ0n) is 5.57. The van der Waals surface area contributed by atoms with E-state index in [0.717, 1.165) is 6.92 Å². The van der Waals surface area contributed by atoms with Gasteiger partial charge < -0.3 is 0 Å². The van der Waals surface area contributed by atoms with Gasteiger partial charge in [-0.05, 0) is 13.8 Å². The molecule has 0 aromatic heterocycles. The van der Waals surface area contributed by atoms with Crippen LogP contribution in [-0.2, 0) is 0 Å². The minimum atomic E-state index is -1.65. The minimum absolute atomic E-state index is 0.336. The van der Waals surface area contributed by atoms with Gasteiger partial charge in [0.25, 0.3) is 0 Å². The third-order valence-electron chi connectivity index (χ3n) is 1.05. The van der Waals surface area contributed by atoms with Gasteiger partial charge in [-0.1, -0.05) is 0 Å². The summed E-state index contributed by atoms with van der Waals surface area (Å²) in [5.74, 6) is 0. The first-order valence-electron chi connectivity index (χ1n) is 2.96. The summed E-state index contributed by atoms with van der Waals surface area (Å²) in [6, 6.07) is 0. The van der Waals surface area contributed by atoms with Crippen molar-refractivity contribution in [3.05, 3.63) is 0 Å². The Morgan fingerprint density at radius 2 is 1.56 bits per heavy atom. The van der Waals surface area contributed by atoms with Crippen molar-refractivity contribution in [2.45, 2.75) is 38.8 Å². The molecular weight excluding hydrogens is 129 g/mol. The van der Waals surface area contributed by atoms with Crippen LogP contribution in [-0.4, -0.2) is 18.5 Å². The molecule has 0 bridgehead atoms. The van der Waals surface area contributed by atoms with Crippen LogP contribution >= 0.6 is 0 Å². The number of rotatable bonds is 3. The van der Waals surface area contributed by atoms with Crippen molar-refractivity contribution in [1.29, 1.82) is 0 Å². The average molecular weight is 140 g/mol. The number of hydrogen-bond donors (Lipinski definition) is 0. The van der Waals surface area contributed by atoms with Crippen molar-refractivity contribution in [1.82, 2.24) is 0 Å². The van der Waals surface area contributed by atoms with Gasteiger partial charge in [-0.15, -0.1) is 0 Å². The Morgan fingerprint density at radius 1 is 1.11 bits per heavy atom. The van der Waals surface area contributed by atoms with Crippen LogP contribution in [0, 0.1) is 0 Å². The topological polar surface area (TPSA) is 0 Å². The second-order valence-corrected chi connectivity index (χ2v) is 2.21. The first-order valence-corrected chi connectivity index (χ1v) is 2.96. The average Bonchev–Trinajstić information content (AvgIpc) is 1.63. The van der Waals surface area contributed by atoms with E-state index in [0.29, 0.717) is 0 Å². The van der Waals surface area contributed by atoms with Crippen LogP contribution in [0.3, 0.4) is 0 Å². The van der Waals surface area contributed by atoms with E-state index in [2.05, 4.69) is 0 Å². The van der Waals surface area contributed by atoms with E-state index in [1.165, 1.54) is 6.92 Å². The van der Waals surface area contributed by atoms with Crippen LogP contribution in [0.5, 0.6) is 0 Å². The molecule has 0 fully saturated rings. The van der Waals surface area contributed by atoms with E-state index in [1.54, 1.807) is 0 Å². The molecule has 3 unspecified atom stereocenters. The molecule has 0 N–H and O–H groups in total. The summed E-state index contributed by atoms with van der Waals surface area (Å²) in [5, 5.41) is 0. The number of halogens is 3. The molecular formula is C6H11F3. The molecule has 0 aliphatic carbocycles. The van der Waals surface area contributed by atoms with E-state index < -0.39 is 18.5 Å². The van der Waals surface area contributed by atoms with Gasteiger partial charge in [0.15, 0.2) is 0 Å². The SMILES string of the molecule is CC(F)CC(F)C(C)F. The molecule has 0 saturated carbocycles. The molecule has 9 heavy (non-hydrogen) atoms. The number of hydrogen-bond acceptors (Lipinski definition) is 0. The Balaban J connectivity index is 3.38. The second-order valence-electron chi connectivity index (χ2n) is 2.21. The molecule has 0 nitrogen and oxygen atoms in total. The molecule has 0 aromatic carbocycles. The molecule has 3 atom stereocenters. The Labute approximate surface area is 53.1 Å².